The lowest BCUT2D eigenvalue weighted by Gasteiger charge is -2.20. The van der Waals surface area contributed by atoms with Crippen molar-refractivity contribution < 1.29 is 14.7 Å². The second-order valence-electron chi connectivity index (χ2n) is 6.08. The first kappa shape index (κ1) is 16.0. The Balaban J connectivity index is 2.41. The monoisotopic (exact) mass is 270 g/mol. The Hall–Kier alpha value is -1.10. The number of aliphatic carboxylic acids is 1. The van der Waals surface area contributed by atoms with Crippen LogP contribution in [0.3, 0.4) is 0 Å². The topological polar surface area (TPSA) is 78.4 Å². The van der Waals surface area contributed by atoms with Crippen molar-refractivity contribution in [2.75, 3.05) is 19.6 Å². The maximum atomic E-state index is 12.0. The predicted octanol–water partition coefficient (Wildman–Crippen LogP) is 1.10. The van der Waals surface area contributed by atoms with E-state index in [1.165, 1.54) is 0 Å². The average molecular weight is 270 g/mol. The smallest absolute Gasteiger partial charge is 0.303 e. The van der Waals surface area contributed by atoms with E-state index in [1.54, 1.807) is 0 Å². The van der Waals surface area contributed by atoms with Crippen LogP contribution in [0.1, 0.15) is 33.6 Å². The standard InChI is InChI=1S/C14H26N2O3/c1-9(2)4-11(5-13(17)18)7-16-14(19)12-8-15-6-10(12)3/h9-12,15H,4-8H2,1-3H3,(H,16,19)(H,17,18)/t10-,11?,12-/m1/s1. The molecule has 1 unspecified atom stereocenters. The van der Waals surface area contributed by atoms with Crippen LogP contribution in [0, 0.1) is 23.7 Å². The van der Waals surface area contributed by atoms with Crippen molar-refractivity contribution in [3.8, 4) is 0 Å². The van der Waals surface area contributed by atoms with Gasteiger partial charge in [0.05, 0.1) is 5.92 Å². The van der Waals surface area contributed by atoms with Crippen LogP contribution in [0.5, 0.6) is 0 Å². The molecule has 3 N–H and O–H groups in total. The summed E-state index contributed by atoms with van der Waals surface area (Å²) in [6.07, 6.45) is 0.946. The normalized spacial score (nSPS) is 24.4. The van der Waals surface area contributed by atoms with Gasteiger partial charge >= 0.3 is 5.97 Å². The Morgan fingerprint density at radius 1 is 1.37 bits per heavy atom. The molecule has 0 saturated carbocycles. The molecule has 0 aromatic heterocycles. The number of carbonyl (C=O) groups excluding carboxylic acids is 1. The van der Waals surface area contributed by atoms with Gasteiger partial charge in [0.15, 0.2) is 0 Å². The number of hydrogen-bond acceptors (Lipinski definition) is 3. The van der Waals surface area contributed by atoms with E-state index in [1.807, 2.05) is 0 Å². The summed E-state index contributed by atoms with van der Waals surface area (Å²) in [5, 5.41) is 15.0. The summed E-state index contributed by atoms with van der Waals surface area (Å²) in [6.45, 7) is 8.27. The number of carbonyl (C=O) groups is 2. The molecule has 0 bridgehead atoms. The summed E-state index contributed by atoms with van der Waals surface area (Å²) in [5.74, 6) is 0.0828. The maximum absolute atomic E-state index is 12.0. The third-order valence-electron chi connectivity index (χ3n) is 3.69. The quantitative estimate of drug-likeness (QED) is 0.647. The maximum Gasteiger partial charge on any atom is 0.303 e. The summed E-state index contributed by atoms with van der Waals surface area (Å²) in [6, 6.07) is 0. The molecule has 0 aromatic carbocycles. The van der Waals surface area contributed by atoms with Crippen LogP contribution >= 0.6 is 0 Å². The van der Waals surface area contributed by atoms with Crippen molar-refractivity contribution in [1.29, 1.82) is 0 Å². The Labute approximate surface area is 115 Å². The number of carboxylic acid groups (broad SMARTS) is 1. The van der Waals surface area contributed by atoms with Gasteiger partial charge in [-0.2, -0.15) is 0 Å². The minimum Gasteiger partial charge on any atom is -0.481 e. The van der Waals surface area contributed by atoms with Crippen LogP contribution in [0.15, 0.2) is 0 Å². The van der Waals surface area contributed by atoms with Gasteiger partial charge in [-0.15, -0.1) is 0 Å². The molecule has 110 valence electrons. The molecule has 1 aliphatic heterocycles. The number of rotatable bonds is 7. The lowest BCUT2D eigenvalue weighted by atomic mass is 9.93. The van der Waals surface area contributed by atoms with Crippen molar-refractivity contribution in [3.63, 3.8) is 0 Å². The van der Waals surface area contributed by atoms with Gasteiger partial charge in [-0.1, -0.05) is 20.8 Å². The third kappa shape index (κ3) is 5.59. The molecule has 1 heterocycles. The second-order valence-corrected chi connectivity index (χ2v) is 6.08. The highest BCUT2D eigenvalue weighted by Gasteiger charge is 2.29. The first-order valence-corrected chi connectivity index (χ1v) is 7.10. The highest BCUT2D eigenvalue weighted by atomic mass is 16.4. The van der Waals surface area contributed by atoms with E-state index in [0.29, 0.717) is 18.4 Å². The molecule has 1 amide bonds. The van der Waals surface area contributed by atoms with Crippen LogP contribution in [0.2, 0.25) is 0 Å². The highest BCUT2D eigenvalue weighted by molar-refractivity contribution is 5.79. The minimum absolute atomic E-state index is 0.0181. The van der Waals surface area contributed by atoms with Gasteiger partial charge in [-0.25, -0.2) is 0 Å². The molecule has 5 heteroatoms. The van der Waals surface area contributed by atoms with Crippen molar-refractivity contribution in [2.24, 2.45) is 23.7 Å². The van der Waals surface area contributed by atoms with Crippen LogP contribution in [-0.4, -0.2) is 36.6 Å². The van der Waals surface area contributed by atoms with Crippen molar-refractivity contribution in [2.45, 2.75) is 33.6 Å². The molecule has 1 saturated heterocycles. The van der Waals surface area contributed by atoms with E-state index in [2.05, 4.69) is 31.4 Å². The van der Waals surface area contributed by atoms with E-state index in [4.69, 9.17) is 5.11 Å². The molecular formula is C14H26N2O3. The fourth-order valence-corrected chi connectivity index (χ4v) is 2.69. The third-order valence-corrected chi connectivity index (χ3v) is 3.69. The van der Waals surface area contributed by atoms with Crippen LogP contribution in [0.25, 0.3) is 0 Å². The molecular weight excluding hydrogens is 244 g/mol. The van der Waals surface area contributed by atoms with Gasteiger partial charge < -0.3 is 15.7 Å². The van der Waals surface area contributed by atoms with Gasteiger partial charge in [0.1, 0.15) is 0 Å². The molecule has 0 radical (unpaired) electrons. The largest absolute Gasteiger partial charge is 0.481 e. The molecule has 1 fully saturated rings. The van der Waals surface area contributed by atoms with Crippen molar-refractivity contribution >= 4 is 11.9 Å². The van der Waals surface area contributed by atoms with Gasteiger partial charge in [0.2, 0.25) is 5.91 Å². The van der Waals surface area contributed by atoms with Gasteiger partial charge in [0, 0.05) is 19.5 Å². The van der Waals surface area contributed by atoms with E-state index in [9.17, 15) is 9.59 Å². The summed E-state index contributed by atoms with van der Waals surface area (Å²) < 4.78 is 0. The van der Waals surface area contributed by atoms with Gasteiger partial charge in [-0.05, 0) is 30.7 Å². The van der Waals surface area contributed by atoms with Crippen LogP contribution in [0.4, 0.5) is 0 Å². The molecule has 1 rings (SSSR count). The lowest BCUT2D eigenvalue weighted by molar-refractivity contribution is -0.138. The molecule has 0 aromatic rings. The molecule has 5 nitrogen and oxygen atoms in total. The summed E-state index contributed by atoms with van der Waals surface area (Å²) in [5.41, 5.74) is 0. The van der Waals surface area contributed by atoms with E-state index in [-0.39, 0.29) is 24.2 Å². The zero-order chi connectivity index (χ0) is 14.4. The molecule has 0 spiro atoms. The Kier molecular flexibility index (Phi) is 6.28. The fourth-order valence-electron chi connectivity index (χ4n) is 2.69. The van der Waals surface area contributed by atoms with Crippen LogP contribution in [-0.2, 0) is 9.59 Å². The van der Waals surface area contributed by atoms with Crippen molar-refractivity contribution in [1.82, 2.24) is 10.6 Å². The average Bonchev–Trinajstić information content (AvgIpc) is 2.70. The number of nitrogens with one attached hydrogen (secondary N) is 2. The fraction of sp³-hybridized carbons (Fsp3) is 0.857. The zero-order valence-corrected chi connectivity index (χ0v) is 12.1. The Morgan fingerprint density at radius 3 is 2.53 bits per heavy atom. The molecule has 3 atom stereocenters. The molecule has 19 heavy (non-hydrogen) atoms. The van der Waals surface area contributed by atoms with Crippen LogP contribution < -0.4 is 10.6 Å². The minimum atomic E-state index is -0.796. The first-order valence-electron chi connectivity index (χ1n) is 7.10. The van der Waals surface area contributed by atoms with Crippen molar-refractivity contribution in [3.05, 3.63) is 0 Å². The highest BCUT2D eigenvalue weighted by Crippen LogP contribution is 2.18. The Bertz CT molecular complexity index is 318. The van der Waals surface area contributed by atoms with Gasteiger partial charge in [-0.3, -0.25) is 9.59 Å². The molecule has 1 aliphatic rings. The van der Waals surface area contributed by atoms with E-state index < -0.39 is 5.97 Å². The van der Waals surface area contributed by atoms with Gasteiger partial charge in [0.25, 0.3) is 0 Å². The SMILES string of the molecule is CC(C)CC(CNC(=O)[C@@H]1CNC[C@H]1C)CC(=O)O. The second kappa shape index (κ2) is 7.48. The van der Waals surface area contributed by atoms with E-state index >= 15 is 0 Å². The summed E-state index contributed by atoms with van der Waals surface area (Å²) in [4.78, 5) is 22.9. The Morgan fingerprint density at radius 2 is 2.05 bits per heavy atom. The lowest BCUT2D eigenvalue weighted by Crippen LogP contribution is -2.37. The first-order chi connectivity index (χ1) is 8.90. The van der Waals surface area contributed by atoms with E-state index in [0.717, 1.165) is 19.5 Å². The summed E-state index contributed by atoms with van der Waals surface area (Å²) >= 11 is 0. The summed E-state index contributed by atoms with van der Waals surface area (Å²) in [7, 11) is 0. The number of hydrogen-bond donors (Lipinski definition) is 3. The zero-order valence-electron chi connectivity index (χ0n) is 12.1. The number of carboxylic acids is 1. The number of amides is 1. The molecule has 0 aliphatic carbocycles. The predicted molar refractivity (Wildman–Crippen MR) is 73.7 cm³/mol.